The fraction of sp³-hybridized carbons (Fsp3) is 0.182. The van der Waals surface area contributed by atoms with E-state index in [1.807, 2.05) is 60.7 Å². The van der Waals surface area contributed by atoms with Crippen molar-refractivity contribution >= 4 is 23.6 Å². The monoisotopic (exact) mass is 392 g/mol. The van der Waals surface area contributed by atoms with E-state index in [-0.39, 0.29) is 17.0 Å². The largest absolute Gasteiger partial charge is 0.448 e. The summed E-state index contributed by atoms with van der Waals surface area (Å²) in [5.74, 6) is -0.241. The van der Waals surface area contributed by atoms with E-state index in [2.05, 4.69) is 6.58 Å². The molecule has 2 N–H and O–H groups in total. The number of hydrogen-bond donors (Lipinski definition) is 1. The Hall–Kier alpha value is -2.83. The van der Waals surface area contributed by atoms with E-state index in [4.69, 9.17) is 10.5 Å². The smallest absolute Gasteiger partial charge is 0.356 e. The summed E-state index contributed by atoms with van der Waals surface area (Å²) in [6.45, 7) is 3.79. The number of fused-ring (bicyclic) bond motifs is 1. The van der Waals surface area contributed by atoms with Crippen molar-refractivity contribution in [1.82, 2.24) is 4.90 Å². The zero-order chi connectivity index (χ0) is 19.7. The first kappa shape index (κ1) is 18.5. The highest BCUT2D eigenvalue weighted by Crippen LogP contribution is 2.40. The zero-order valence-corrected chi connectivity index (χ0v) is 16.0. The van der Waals surface area contributed by atoms with Crippen molar-refractivity contribution in [3.05, 3.63) is 95.7 Å². The minimum absolute atomic E-state index is 0.231. The second-order valence-corrected chi connectivity index (χ2v) is 7.73. The third-order valence-electron chi connectivity index (χ3n) is 4.91. The van der Waals surface area contributed by atoms with Crippen LogP contribution in [-0.4, -0.2) is 33.9 Å². The molecule has 1 amide bonds. The van der Waals surface area contributed by atoms with Gasteiger partial charge >= 0.3 is 5.97 Å². The van der Waals surface area contributed by atoms with Crippen molar-refractivity contribution in [2.24, 2.45) is 5.73 Å². The third kappa shape index (κ3) is 3.15. The van der Waals surface area contributed by atoms with Gasteiger partial charge in [0.2, 0.25) is 5.91 Å². The second-order valence-electron chi connectivity index (χ2n) is 6.62. The van der Waals surface area contributed by atoms with E-state index in [9.17, 15) is 9.59 Å². The van der Waals surface area contributed by atoms with Gasteiger partial charge in [0.25, 0.3) is 0 Å². The van der Waals surface area contributed by atoms with Crippen LogP contribution in [0.3, 0.4) is 0 Å². The number of amides is 1. The standard InChI is InChI=1S/C22H20N2O3S/c1-2-14-13-28-21-17(23)20(25)24(21)18(14)22(26)27-19(15-9-5-3-6-10-15)16-11-7-4-8-12-16/h2-12,17,19,21H,1,13,23H2. The number of carbonyl (C=O) groups is 2. The summed E-state index contributed by atoms with van der Waals surface area (Å²) in [6.07, 6.45) is 1.03. The van der Waals surface area contributed by atoms with Gasteiger partial charge in [-0.05, 0) is 16.7 Å². The lowest BCUT2D eigenvalue weighted by Crippen LogP contribution is -2.68. The molecule has 2 atom stereocenters. The van der Waals surface area contributed by atoms with Gasteiger partial charge in [0.1, 0.15) is 17.1 Å². The number of thioether (sulfide) groups is 1. The number of carbonyl (C=O) groups excluding carboxylic acids is 2. The number of ether oxygens (including phenoxy) is 1. The minimum atomic E-state index is -0.585. The molecule has 1 fully saturated rings. The maximum Gasteiger partial charge on any atom is 0.356 e. The molecule has 5 nitrogen and oxygen atoms in total. The molecule has 2 unspecified atom stereocenters. The Labute approximate surface area is 167 Å². The van der Waals surface area contributed by atoms with Gasteiger partial charge in [0.05, 0.1) is 0 Å². The summed E-state index contributed by atoms with van der Waals surface area (Å²) in [4.78, 5) is 27.0. The Morgan fingerprint density at radius 2 is 1.71 bits per heavy atom. The van der Waals surface area contributed by atoms with E-state index >= 15 is 0 Å². The van der Waals surface area contributed by atoms with Crippen LogP contribution in [0.2, 0.25) is 0 Å². The molecule has 2 aliphatic rings. The fourth-order valence-electron chi connectivity index (χ4n) is 3.43. The SMILES string of the molecule is C=CC1=C(C(=O)OC(c2ccccc2)c2ccccc2)N2C(=O)C(N)C2SC1. The van der Waals surface area contributed by atoms with Gasteiger partial charge in [-0.15, -0.1) is 11.8 Å². The first-order valence-electron chi connectivity index (χ1n) is 8.98. The molecule has 4 rings (SSSR count). The molecular weight excluding hydrogens is 372 g/mol. The number of nitrogens with zero attached hydrogens (tertiary/aromatic N) is 1. The molecule has 0 aromatic heterocycles. The van der Waals surface area contributed by atoms with Crippen LogP contribution < -0.4 is 5.73 Å². The van der Waals surface area contributed by atoms with Crippen LogP contribution in [0, 0.1) is 0 Å². The Morgan fingerprint density at radius 1 is 1.14 bits per heavy atom. The van der Waals surface area contributed by atoms with Gasteiger partial charge < -0.3 is 10.5 Å². The Morgan fingerprint density at radius 3 is 2.25 bits per heavy atom. The maximum atomic E-state index is 13.2. The predicted molar refractivity (Wildman–Crippen MR) is 109 cm³/mol. The molecule has 0 spiro atoms. The quantitative estimate of drug-likeness (QED) is 0.626. The number of esters is 1. The van der Waals surface area contributed by atoms with Crippen LogP contribution in [0.25, 0.3) is 0 Å². The average molecular weight is 392 g/mol. The molecule has 28 heavy (non-hydrogen) atoms. The number of nitrogens with two attached hydrogens (primary N) is 1. The van der Waals surface area contributed by atoms with Gasteiger partial charge in [-0.25, -0.2) is 4.79 Å². The minimum Gasteiger partial charge on any atom is -0.448 e. The van der Waals surface area contributed by atoms with Gasteiger partial charge in [-0.2, -0.15) is 0 Å². The molecule has 1 saturated heterocycles. The van der Waals surface area contributed by atoms with Crippen LogP contribution in [0.15, 0.2) is 84.6 Å². The molecule has 2 aromatic carbocycles. The molecule has 142 valence electrons. The highest BCUT2D eigenvalue weighted by Gasteiger charge is 2.52. The van der Waals surface area contributed by atoms with Crippen LogP contribution in [-0.2, 0) is 14.3 Å². The maximum absolute atomic E-state index is 13.2. The number of hydrogen-bond acceptors (Lipinski definition) is 5. The van der Waals surface area contributed by atoms with Crippen molar-refractivity contribution in [1.29, 1.82) is 0 Å². The number of benzene rings is 2. The summed E-state index contributed by atoms with van der Waals surface area (Å²) in [5.41, 5.74) is 8.55. The summed E-state index contributed by atoms with van der Waals surface area (Å²) >= 11 is 1.53. The first-order valence-corrected chi connectivity index (χ1v) is 10.0. The molecule has 2 aliphatic heterocycles. The number of allylic oxidation sites excluding steroid dienone is 1. The van der Waals surface area contributed by atoms with Crippen LogP contribution >= 0.6 is 11.8 Å². The van der Waals surface area contributed by atoms with E-state index in [1.54, 1.807) is 6.08 Å². The van der Waals surface area contributed by atoms with Gasteiger partial charge in [-0.1, -0.05) is 73.3 Å². The lowest BCUT2D eigenvalue weighted by molar-refractivity contribution is -0.153. The lowest BCUT2D eigenvalue weighted by atomic mass is 10.0. The molecule has 0 bridgehead atoms. The Bertz CT molecular complexity index is 903. The van der Waals surface area contributed by atoms with Crippen LogP contribution in [0.4, 0.5) is 0 Å². The fourth-order valence-corrected chi connectivity index (χ4v) is 4.72. The van der Waals surface area contributed by atoms with Gasteiger partial charge in [-0.3, -0.25) is 9.69 Å². The number of rotatable bonds is 5. The van der Waals surface area contributed by atoms with E-state index in [0.29, 0.717) is 11.3 Å². The Balaban J connectivity index is 1.69. The van der Waals surface area contributed by atoms with Crippen molar-refractivity contribution in [2.45, 2.75) is 17.5 Å². The molecular formula is C22H20N2O3S. The zero-order valence-electron chi connectivity index (χ0n) is 15.2. The van der Waals surface area contributed by atoms with E-state index < -0.39 is 18.1 Å². The summed E-state index contributed by atoms with van der Waals surface area (Å²) < 4.78 is 5.94. The average Bonchev–Trinajstić information content (AvgIpc) is 2.76. The topological polar surface area (TPSA) is 72.6 Å². The van der Waals surface area contributed by atoms with Crippen LogP contribution in [0.5, 0.6) is 0 Å². The molecule has 0 aliphatic carbocycles. The van der Waals surface area contributed by atoms with Gasteiger partial charge in [0.15, 0.2) is 6.10 Å². The third-order valence-corrected chi connectivity index (χ3v) is 6.23. The van der Waals surface area contributed by atoms with Crippen molar-refractivity contribution in [3.8, 4) is 0 Å². The molecule has 6 heteroatoms. The molecule has 2 heterocycles. The highest BCUT2D eigenvalue weighted by molar-refractivity contribution is 8.00. The van der Waals surface area contributed by atoms with Crippen LogP contribution in [0.1, 0.15) is 17.2 Å². The first-order chi connectivity index (χ1) is 13.6. The predicted octanol–water partition coefficient (Wildman–Crippen LogP) is 3.00. The van der Waals surface area contributed by atoms with Crippen molar-refractivity contribution in [3.63, 3.8) is 0 Å². The normalized spacial score (nSPS) is 21.2. The second kappa shape index (κ2) is 7.66. The number of β-lactam (4-membered cyclic amide) rings is 1. The molecule has 0 radical (unpaired) electrons. The van der Waals surface area contributed by atoms with Crippen molar-refractivity contribution < 1.29 is 14.3 Å². The van der Waals surface area contributed by atoms with E-state index in [0.717, 1.165) is 11.1 Å². The molecule has 0 saturated carbocycles. The highest BCUT2D eigenvalue weighted by atomic mass is 32.2. The van der Waals surface area contributed by atoms with E-state index in [1.165, 1.54) is 16.7 Å². The Kier molecular flexibility index (Phi) is 5.07. The summed E-state index contributed by atoms with van der Waals surface area (Å²) in [6, 6.07) is 18.5. The molecule has 2 aromatic rings. The van der Waals surface area contributed by atoms with Gasteiger partial charge in [0, 0.05) is 5.75 Å². The summed E-state index contributed by atoms with van der Waals surface area (Å²) in [7, 11) is 0. The lowest BCUT2D eigenvalue weighted by Gasteiger charge is -2.48. The van der Waals surface area contributed by atoms with Crippen molar-refractivity contribution in [2.75, 3.05) is 5.75 Å². The summed E-state index contributed by atoms with van der Waals surface area (Å²) in [5, 5.41) is -0.231.